The van der Waals surface area contributed by atoms with Gasteiger partial charge in [-0.15, -0.1) is 11.6 Å². The Kier molecular flexibility index (Phi) is 3.87. The van der Waals surface area contributed by atoms with Gasteiger partial charge in [-0.05, 0) is 37.0 Å². The van der Waals surface area contributed by atoms with E-state index >= 15 is 0 Å². The molecule has 0 bridgehead atoms. The molecular formula is C19H20ClNO3. The van der Waals surface area contributed by atoms with E-state index in [1.165, 1.54) is 18.4 Å². The third kappa shape index (κ3) is 2.27. The Morgan fingerprint density at radius 1 is 1.33 bits per heavy atom. The monoisotopic (exact) mass is 345 g/mol. The van der Waals surface area contributed by atoms with Gasteiger partial charge in [-0.25, -0.2) is 4.79 Å². The first kappa shape index (κ1) is 15.7. The Morgan fingerprint density at radius 3 is 2.92 bits per heavy atom. The van der Waals surface area contributed by atoms with Crippen LogP contribution in [0.1, 0.15) is 59.1 Å². The minimum absolute atomic E-state index is 0.114. The number of nitrogens with zero attached hydrogens (tertiary/aromatic N) is 1. The summed E-state index contributed by atoms with van der Waals surface area (Å²) < 4.78 is 7.26. The normalized spacial score (nSPS) is 21.8. The average molecular weight is 346 g/mol. The lowest BCUT2D eigenvalue weighted by Gasteiger charge is -2.27. The number of ether oxygens (including phenoxy) is 1. The van der Waals surface area contributed by atoms with Crippen LogP contribution in [-0.4, -0.2) is 23.0 Å². The van der Waals surface area contributed by atoms with Gasteiger partial charge in [-0.1, -0.05) is 18.9 Å². The standard InChI is InChI=1S/C19H20ClNO3/c1-11-8-13-12-4-2-3-5-16(12)21-10-15(19(23)24-7-6-20)18(22)14(9-11)17(13)21/h8-10,12,16H,2-7H2,1H3. The first-order valence-electron chi connectivity index (χ1n) is 8.54. The predicted octanol–water partition coefficient (Wildman–Crippen LogP) is 3.92. The van der Waals surface area contributed by atoms with Crippen molar-refractivity contribution >= 4 is 28.5 Å². The zero-order valence-electron chi connectivity index (χ0n) is 13.7. The van der Waals surface area contributed by atoms with Crippen LogP contribution in [0.25, 0.3) is 10.9 Å². The largest absolute Gasteiger partial charge is 0.461 e. The van der Waals surface area contributed by atoms with Crippen molar-refractivity contribution < 1.29 is 9.53 Å². The van der Waals surface area contributed by atoms with Crippen LogP contribution in [0.15, 0.2) is 23.1 Å². The number of benzene rings is 1. The molecular weight excluding hydrogens is 326 g/mol. The van der Waals surface area contributed by atoms with Crippen molar-refractivity contribution in [3.8, 4) is 0 Å². The predicted molar refractivity (Wildman–Crippen MR) is 94.2 cm³/mol. The maximum absolute atomic E-state index is 12.9. The van der Waals surface area contributed by atoms with E-state index in [0.29, 0.717) is 17.3 Å². The van der Waals surface area contributed by atoms with Crippen LogP contribution >= 0.6 is 11.6 Å². The summed E-state index contributed by atoms with van der Waals surface area (Å²) in [7, 11) is 0. The number of hydrogen-bond donors (Lipinski definition) is 0. The second-order valence-corrected chi connectivity index (χ2v) is 7.19. The number of pyridine rings is 1. The number of alkyl halides is 1. The van der Waals surface area contributed by atoms with Crippen molar-refractivity contribution in [1.29, 1.82) is 0 Å². The molecule has 4 rings (SSSR count). The fourth-order valence-electron chi connectivity index (χ4n) is 4.38. The molecule has 1 saturated carbocycles. The molecule has 0 amide bonds. The molecule has 0 saturated heterocycles. The minimum atomic E-state index is -0.575. The molecule has 1 fully saturated rings. The highest BCUT2D eigenvalue weighted by Crippen LogP contribution is 2.49. The molecule has 1 aliphatic carbocycles. The number of aryl methyl sites for hydroxylation is 1. The zero-order valence-corrected chi connectivity index (χ0v) is 14.4. The third-order valence-electron chi connectivity index (χ3n) is 5.32. The second kappa shape index (κ2) is 5.92. The van der Waals surface area contributed by atoms with Gasteiger partial charge in [0, 0.05) is 23.5 Å². The number of halogens is 1. The zero-order chi connectivity index (χ0) is 16.8. The van der Waals surface area contributed by atoms with Crippen LogP contribution in [-0.2, 0) is 4.74 Å². The Balaban J connectivity index is 1.95. The van der Waals surface area contributed by atoms with Gasteiger partial charge in [0.25, 0.3) is 0 Å². The third-order valence-corrected chi connectivity index (χ3v) is 5.47. The first-order valence-corrected chi connectivity index (χ1v) is 9.07. The molecule has 2 aromatic rings. The van der Waals surface area contributed by atoms with Crippen LogP contribution in [0.2, 0.25) is 0 Å². The van der Waals surface area contributed by atoms with E-state index in [-0.39, 0.29) is 23.5 Å². The van der Waals surface area contributed by atoms with Gasteiger partial charge in [0.1, 0.15) is 12.2 Å². The van der Waals surface area contributed by atoms with Crippen molar-refractivity contribution in [1.82, 2.24) is 4.57 Å². The topological polar surface area (TPSA) is 48.3 Å². The van der Waals surface area contributed by atoms with Gasteiger partial charge < -0.3 is 9.30 Å². The number of esters is 1. The highest BCUT2D eigenvalue weighted by Gasteiger charge is 2.37. The molecule has 0 spiro atoms. The summed E-state index contributed by atoms with van der Waals surface area (Å²) in [4.78, 5) is 25.2. The number of carbonyl (C=O) groups is 1. The van der Waals surface area contributed by atoms with Gasteiger partial charge in [0.05, 0.1) is 11.4 Å². The van der Waals surface area contributed by atoms with E-state index in [1.807, 2.05) is 13.0 Å². The van der Waals surface area contributed by atoms with Crippen LogP contribution in [0, 0.1) is 6.92 Å². The van der Waals surface area contributed by atoms with Crippen LogP contribution < -0.4 is 5.43 Å². The molecule has 2 heterocycles. The van der Waals surface area contributed by atoms with Gasteiger partial charge in [0.2, 0.25) is 5.43 Å². The van der Waals surface area contributed by atoms with Crippen LogP contribution in [0.3, 0.4) is 0 Å². The van der Waals surface area contributed by atoms with Crippen molar-refractivity contribution in [2.45, 2.75) is 44.6 Å². The van der Waals surface area contributed by atoms with Crippen molar-refractivity contribution in [3.05, 3.63) is 45.2 Å². The van der Waals surface area contributed by atoms with Crippen LogP contribution in [0.5, 0.6) is 0 Å². The fourth-order valence-corrected chi connectivity index (χ4v) is 4.46. The first-order chi connectivity index (χ1) is 11.6. The molecule has 2 atom stereocenters. The lowest BCUT2D eigenvalue weighted by Crippen LogP contribution is -2.22. The summed E-state index contributed by atoms with van der Waals surface area (Å²) in [5.41, 5.74) is 3.24. The van der Waals surface area contributed by atoms with E-state index in [1.54, 1.807) is 6.20 Å². The molecule has 2 aliphatic rings. The second-order valence-electron chi connectivity index (χ2n) is 6.81. The highest BCUT2D eigenvalue weighted by atomic mass is 35.5. The van der Waals surface area contributed by atoms with Crippen molar-refractivity contribution in [3.63, 3.8) is 0 Å². The summed E-state index contributed by atoms with van der Waals surface area (Å²) in [6.07, 6.45) is 6.36. The van der Waals surface area contributed by atoms with E-state index in [4.69, 9.17) is 16.3 Å². The van der Waals surface area contributed by atoms with E-state index < -0.39 is 5.97 Å². The Morgan fingerprint density at radius 2 is 2.12 bits per heavy atom. The van der Waals surface area contributed by atoms with Crippen molar-refractivity contribution in [2.24, 2.45) is 0 Å². The summed E-state index contributed by atoms with van der Waals surface area (Å²) in [6, 6.07) is 4.45. The van der Waals surface area contributed by atoms with Gasteiger partial charge in [0.15, 0.2) is 0 Å². The number of carbonyl (C=O) groups excluding carboxylic acids is 1. The number of rotatable bonds is 3. The van der Waals surface area contributed by atoms with E-state index in [9.17, 15) is 9.59 Å². The fraction of sp³-hybridized carbons (Fsp3) is 0.474. The number of hydrogen-bond acceptors (Lipinski definition) is 3. The minimum Gasteiger partial charge on any atom is -0.461 e. The SMILES string of the molecule is Cc1cc2c3c(c1)c(=O)c(C(=O)OCCCl)cn3C1CCCCC21. The summed E-state index contributed by atoms with van der Waals surface area (Å²) >= 11 is 5.59. The molecule has 0 radical (unpaired) electrons. The molecule has 5 heteroatoms. The van der Waals surface area contributed by atoms with Crippen molar-refractivity contribution in [2.75, 3.05) is 12.5 Å². The van der Waals surface area contributed by atoms with Gasteiger partial charge >= 0.3 is 5.97 Å². The molecule has 4 nitrogen and oxygen atoms in total. The van der Waals surface area contributed by atoms with Gasteiger partial charge in [-0.3, -0.25) is 4.79 Å². The molecule has 1 aliphatic heterocycles. The maximum atomic E-state index is 12.9. The molecule has 1 aromatic heterocycles. The van der Waals surface area contributed by atoms with E-state index in [0.717, 1.165) is 23.9 Å². The molecule has 1 aromatic carbocycles. The lowest BCUT2D eigenvalue weighted by molar-refractivity contribution is 0.0526. The highest BCUT2D eigenvalue weighted by molar-refractivity contribution is 6.18. The Bertz CT molecular complexity index is 886. The smallest absolute Gasteiger partial charge is 0.343 e. The molecule has 0 N–H and O–H groups in total. The maximum Gasteiger partial charge on any atom is 0.343 e. The van der Waals surface area contributed by atoms with Gasteiger partial charge in [-0.2, -0.15) is 0 Å². The number of fused-ring (bicyclic) bond motifs is 3. The summed E-state index contributed by atoms with van der Waals surface area (Å²) in [5, 5.41) is 0.639. The summed E-state index contributed by atoms with van der Waals surface area (Å²) in [6.45, 7) is 2.12. The lowest BCUT2D eigenvalue weighted by atomic mass is 9.82. The Hall–Kier alpha value is -1.81. The van der Waals surface area contributed by atoms with Crippen LogP contribution in [0.4, 0.5) is 0 Å². The molecule has 24 heavy (non-hydrogen) atoms. The molecule has 126 valence electrons. The summed E-state index contributed by atoms with van der Waals surface area (Å²) in [5.74, 6) is 0.102. The van der Waals surface area contributed by atoms with E-state index in [2.05, 4.69) is 10.6 Å². The quantitative estimate of drug-likeness (QED) is 0.625. The number of aromatic nitrogens is 1. The molecule has 2 unspecified atom stereocenters. The average Bonchev–Trinajstić information content (AvgIpc) is 2.90. The Labute approximate surface area is 145 Å².